The van der Waals surface area contributed by atoms with Gasteiger partial charge in [0, 0.05) is 11.6 Å². The van der Waals surface area contributed by atoms with Gasteiger partial charge in [-0.05, 0) is 12.1 Å². The van der Waals surface area contributed by atoms with E-state index in [9.17, 15) is 18.3 Å². The molecule has 0 saturated carbocycles. The third-order valence-corrected chi connectivity index (χ3v) is 2.01. The zero-order valence-electron chi connectivity index (χ0n) is 8.40. The summed E-state index contributed by atoms with van der Waals surface area (Å²) < 4.78 is 36.1. The molecule has 1 aromatic rings. The topological polar surface area (TPSA) is 86.7 Å². The number of phenols is 3. The van der Waals surface area contributed by atoms with Gasteiger partial charge < -0.3 is 21.1 Å². The quantitative estimate of drug-likeness (QED) is 0.622. The summed E-state index contributed by atoms with van der Waals surface area (Å²) in [5.41, 5.74) is 4.96. The fourth-order valence-corrected chi connectivity index (χ4v) is 1.24. The Labute approximate surface area is 101 Å². The molecule has 0 unspecified atom stereocenters. The molecule has 4 nitrogen and oxygen atoms in total. The van der Waals surface area contributed by atoms with E-state index in [2.05, 4.69) is 0 Å². The van der Waals surface area contributed by atoms with E-state index in [1.807, 2.05) is 0 Å². The fraction of sp³-hybridized carbons (Fsp3) is 0.333. The average molecular weight is 274 g/mol. The first-order valence-corrected chi connectivity index (χ1v) is 4.28. The number of phenolic OH excluding ortho intramolecular Hbond substituents is 3. The molecule has 17 heavy (non-hydrogen) atoms. The number of alkyl halides is 3. The molecule has 8 heteroatoms. The van der Waals surface area contributed by atoms with Crippen LogP contribution in [0.25, 0.3) is 0 Å². The molecule has 5 N–H and O–H groups in total. The van der Waals surface area contributed by atoms with E-state index in [0.717, 1.165) is 12.1 Å². The van der Waals surface area contributed by atoms with Crippen LogP contribution in [0.4, 0.5) is 13.2 Å². The number of nitrogens with two attached hydrogens (primary N) is 1. The van der Waals surface area contributed by atoms with Crippen molar-refractivity contribution in [1.29, 1.82) is 0 Å². The molecular formula is C9H11ClF3NO3. The van der Waals surface area contributed by atoms with Crippen LogP contribution in [0.3, 0.4) is 0 Å². The van der Waals surface area contributed by atoms with Crippen LogP contribution in [-0.4, -0.2) is 21.5 Å². The third-order valence-electron chi connectivity index (χ3n) is 2.01. The van der Waals surface area contributed by atoms with E-state index in [1.165, 1.54) is 0 Å². The third kappa shape index (κ3) is 3.86. The van der Waals surface area contributed by atoms with Crippen LogP contribution in [-0.2, 0) is 0 Å². The summed E-state index contributed by atoms with van der Waals surface area (Å²) in [6.45, 7) is 0. The second-order valence-corrected chi connectivity index (χ2v) is 3.30. The van der Waals surface area contributed by atoms with Crippen LogP contribution in [0, 0.1) is 0 Å². The average Bonchev–Trinajstić information content (AvgIpc) is 2.11. The lowest BCUT2D eigenvalue weighted by molar-refractivity contribution is -0.138. The SMILES string of the molecule is Cl.N[C@@H](CC(F)(F)F)c1ccc(O)c(O)c1O. The first-order valence-electron chi connectivity index (χ1n) is 4.28. The Morgan fingerprint density at radius 3 is 2.12 bits per heavy atom. The van der Waals surface area contributed by atoms with Gasteiger partial charge in [0.1, 0.15) is 0 Å². The highest BCUT2D eigenvalue weighted by molar-refractivity contribution is 5.85. The Hall–Kier alpha value is -1.34. The summed E-state index contributed by atoms with van der Waals surface area (Å²) in [7, 11) is 0. The number of benzene rings is 1. The van der Waals surface area contributed by atoms with Gasteiger partial charge in [-0.2, -0.15) is 13.2 Å². The predicted molar refractivity (Wildman–Crippen MR) is 56.3 cm³/mol. The number of hydrogen-bond donors (Lipinski definition) is 4. The molecule has 0 amide bonds. The van der Waals surface area contributed by atoms with Crippen LogP contribution in [0.2, 0.25) is 0 Å². The highest BCUT2D eigenvalue weighted by Crippen LogP contribution is 2.41. The highest BCUT2D eigenvalue weighted by atomic mass is 35.5. The lowest BCUT2D eigenvalue weighted by Crippen LogP contribution is -2.20. The first kappa shape index (κ1) is 15.7. The van der Waals surface area contributed by atoms with Gasteiger partial charge in [0.2, 0.25) is 5.75 Å². The Bertz CT molecular complexity index is 398. The Morgan fingerprint density at radius 2 is 1.65 bits per heavy atom. The Balaban J connectivity index is 0.00000256. The standard InChI is InChI=1S/C9H10F3NO3.ClH/c10-9(11,12)3-5(13)4-1-2-6(14)8(16)7(4)15;/h1-2,5,14-16H,3,13H2;1H/t5-;/m0./s1. The fourth-order valence-electron chi connectivity index (χ4n) is 1.24. The van der Waals surface area contributed by atoms with E-state index in [1.54, 1.807) is 0 Å². The molecule has 0 fully saturated rings. The lowest BCUT2D eigenvalue weighted by atomic mass is 10.0. The molecule has 0 heterocycles. The summed E-state index contributed by atoms with van der Waals surface area (Å²) in [4.78, 5) is 0. The zero-order valence-corrected chi connectivity index (χ0v) is 9.22. The van der Waals surface area contributed by atoms with Gasteiger partial charge in [-0.3, -0.25) is 0 Å². The number of hydrogen-bond acceptors (Lipinski definition) is 4. The van der Waals surface area contributed by atoms with Crippen molar-refractivity contribution >= 4 is 12.4 Å². The van der Waals surface area contributed by atoms with Crippen LogP contribution in [0.1, 0.15) is 18.0 Å². The molecule has 98 valence electrons. The largest absolute Gasteiger partial charge is 0.504 e. The maximum Gasteiger partial charge on any atom is 0.390 e. The predicted octanol–water partition coefficient (Wildman–Crippen LogP) is 2.18. The van der Waals surface area contributed by atoms with Crippen LogP contribution < -0.4 is 5.73 Å². The summed E-state index contributed by atoms with van der Waals surface area (Å²) in [6, 6.07) is 0.494. The summed E-state index contributed by atoms with van der Waals surface area (Å²) in [5.74, 6) is -2.34. The minimum Gasteiger partial charge on any atom is -0.504 e. The van der Waals surface area contributed by atoms with Crippen molar-refractivity contribution in [3.63, 3.8) is 0 Å². The second-order valence-electron chi connectivity index (χ2n) is 3.30. The van der Waals surface area contributed by atoms with Gasteiger partial charge in [-0.25, -0.2) is 0 Å². The molecule has 0 aliphatic heterocycles. The van der Waals surface area contributed by atoms with Crippen LogP contribution in [0.5, 0.6) is 17.2 Å². The van der Waals surface area contributed by atoms with Gasteiger partial charge in [0.25, 0.3) is 0 Å². The molecular weight excluding hydrogens is 263 g/mol. The van der Waals surface area contributed by atoms with E-state index in [0.29, 0.717) is 0 Å². The van der Waals surface area contributed by atoms with Gasteiger partial charge in [-0.1, -0.05) is 0 Å². The lowest BCUT2D eigenvalue weighted by Gasteiger charge is -2.16. The first-order chi connectivity index (χ1) is 7.22. The number of halogens is 4. The molecule has 1 rings (SSSR count). The number of aromatic hydroxyl groups is 3. The smallest absolute Gasteiger partial charge is 0.390 e. The molecule has 0 saturated heterocycles. The zero-order chi connectivity index (χ0) is 12.5. The van der Waals surface area contributed by atoms with E-state index >= 15 is 0 Å². The van der Waals surface area contributed by atoms with Gasteiger partial charge >= 0.3 is 6.18 Å². The number of rotatable bonds is 2. The second kappa shape index (κ2) is 5.33. The van der Waals surface area contributed by atoms with Crippen molar-refractivity contribution < 1.29 is 28.5 Å². The monoisotopic (exact) mass is 273 g/mol. The van der Waals surface area contributed by atoms with Gasteiger partial charge in [0.05, 0.1) is 6.42 Å². The minimum absolute atomic E-state index is 0. The van der Waals surface area contributed by atoms with Crippen molar-refractivity contribution in [3.05, 3.63) is 17.7 Å². The van der Waals surface area contributed by atoms with Crippen molar-refractivity contribution in [2.24, 2.45) is 5.73 Å². The Kier molecular flexibility index (Phi) is 4.91. The molecule has 0 aliphatic rings. The van der Waals surface area contributed by atoms with Crippen molar-refractivity contribution in [2.75, 3.05) is 0 Å². The molecule has 1 atom stereocenters. The van der Waals surface area contributed by atoms with Gasteiger partial charge in [-0.15, -0.1) is 12.4 Å². The summed E-state index contributed by atoms with van der Waals surface area (Å²) in [5, 5.41) is 27.4. The molecule has 0 spiro atoms. The van der Waals surface area contributed by atoms with E-state index < -0.39 is 35.9 Å². The maximum atomic E-state index is 12.0. The van der Waals surface area contributed by atoms with Crippen LogP contribution in [0.15, 0.2) is 12.1 Å². The van der Waals surface area contributed by atoms with Crippen molar-refractivity contribution in [2.45, 2.75) is 18.6 Å². The normalized spacial score (nSPS) is 12.9. The van der Waals surface area contributed by atoms with E-state index in [4.69, 9.17) is 15.9 Å². The van der Waals surface area contributed by atoms with E-state index in [-0.39, 0.29) is 18.0 Å². The highest BCUT2D eigenvalue weighted by Gasteiger charge is 2.32. The summed E-state index contributed by atoms with van der Waals surface area (Å²) in [6.07, 6.45) is -5.80. The molecule has 0 aromatic heterocycles. The van der Waals surface area contributed by atoms with Crippen LogP contribution >= 0.6 is 12.4 Å². The molecule has 0 radical (unpaired) electrons. The Morgan fingerprint density at radius 1 is 1.12 bits per heavy atom. The molecule has 1 aromatic carbocycles. The molecule has 0 bridgehead atoms. The summed E-state index contributed by atoms with van der Waals surface area (Å²) >= 11 is 0. The van der Waals surface area contributed by atoms with Gasteiger partial charge in [0.15, 0.2) is 11.5 Å². The minimum atomic E-state index is -4.47. The molecule has 0 aliphatic carbocycles. The van der Waals surface area contributed by atoms with Crippen molar-refractivity contribution in [1.82, 2.24) is 0 Å². The maximum absolute atomic E-state index is 12.0. The van der Waals surface area contributed by atoms with Crippen molar-refractivity contribution in [3.8, 4) is 17.2 Å².